The van der Waals surface area contributed by atoms with Crippen molar-refractivity contribution in [1.82, 2.24) is 5.32 Å². The third-order valence-corrected chi connectivity index (χ3v) is 2.59. The predicted octanol–water partition coefficient (Wildman–Crippen LogP) is 2.09. The summed E-state index contributed by atoms with van der Waals surface area (Å²) in [6.45, 7) is 1.73. The van der Waals surface area contributed by atoms with Gasteiger partial charge in [0.1, 0.15) is 5.82 Å². The maximum Gasteiger partial charge on any atom is 0.220 e. The molecule has 1 amide bonds. The largest absolute Gasteiger partial charge is 0.349 e. The van der Waals surface area contributed by atoms with Gasteiger partial charge in [0, 0.05) is 12.0 Å². The standard InChI is InChI=1S/C11H12FNO/c1-7-3-2-4-8(11(7)12)9-5-6-10(14)13-9/h2-4,9H,5-6H2,1H3,(H,13,14). The normalized spacial score (nSPS) is 21.0. The van der Waals surface area contributed by atoms with Crippen molar-refractivity contribution < 1.29 is 9.18 Å². The first kappa shape index (κ1) is 9.19. The van der Waals surface area contributed by atoms with Gasteiger partial charge < -0.3 is 5.32 Å². The number of hydrogen-bond donors (Lipinski definition) is 1. The molecule has 1 fully saturated rings. The van der Waals surface area contributed by atoms with Crippen LogP contribution in [0, 0.1) is 12.7 Å². The first-order valence-corrected chi connectivity index (χ1v) is 4.73. The fourth-order valence-electron chi connectivity index (χ4n) is 1.79. The van der Waals surface area contributed by atoms with Gasteiger partial charge in [-0.1, -0.05) is 18.2 Å². The summed E-state index contributed by atoms with van der Waals surface area (Å²) in [6, 6.07) is 5.15. The number of nitrogens with one attached hydrogen (secondary N) is 1. The molecule has 3 heteroatoms. The average molecular weight is 193 g/mol. The molecule has 0 saturated carbocycles. The molecule has 0 aliphatic carbocycles. The number of carbonyl (C=O) groups excluding carboxylic acids is 1. The minimum atomic E-state index is -0.195. The highest BCUT2D eigenvalue weighted by Crippen LogP contribution is 2.26. The van der Waals surface area contributed by atoms with E-state index >= 15 is 0 Å². The van der Waals surface area contributed by atoms with Crippen LogP contribution in [0.25, 0.3) is 0 Å². The molecule has 1 aliphatic heterocycles. The number of rotatable bonds is 1. The van der Waals surface area contributed by atoms with Gasteiger partial charge in [-0.3, -0.25) is 4.79 Å². The molecular formula is C11H12FNO. The number of aryl methyl sites for hydroxylation is 1. The summed E-state index contributed by atoms with van der Waals surface area (Å²) in [7, 11) is 0. The maximum absolute atomic E-state index is 13.6. The van der Waals surface area contributed by atoms with Crippen LogP contribution in [0.4, 0.5) is 4.39 Å². The third-order valence-electron chi connectivity index (χ3n) is 2.59. The van der Waals surface area contributed by atoms with E-state index in [9.17, 15) is 9.18 Å². The molecule has 1 unspecified atom stereocenters. The number of carbonyl (C=O) groups is 1. The van der Waals surface area contributed by atoms with Gasteiger partial charge in [-0.05, 0) is 18.9 Å². The van der Waals surface area contributed by atoms with Crippen LogP contribution in [0.1, 0.15) is 30.0 Å². The van der Waals surface area contributed by atoms with E-state index in [1.165, 1.54) is 0 Å². The molecule has 0 radical (unpaired) electrons. The van der Waals surface area contributed by atoms with Crippen molar-refractivity contribution in [1.29, 1.82) is 0 Å². The number of benzene rings is 1. The van der Waals surface area contributed by atoms with E-state index in [-0.39, 0.29) is 17.8 Å². The molecule has 0 aromatic heterocycles. The summed E-state index contributed by atoms with van der Waals surface area (Å²) in [6.07, 6.45) is 1.19. The summed E-state index contributed by atoms with van der Waals surface area (Å²) in [5.41, 5.74) is 1.24. The molecule has 1 aliphatic rings. The van der Waals surface area contributed by atoms with Crippen molar-refractivity contribution in [2.45, 2.75) is 25.8 Å². The molecule has 0 bridgehead atoms. The Balaban J connectivity index is 2.32. The Morgan fingerprint density at radius 1 is 1.50 bits per heavy atom. The Kier molecular flexibility index (Phi) is 2.23. The van der Waals surface area contributed by atoms with Crippen LogP contribution in [0.15, 0.2) is 18.2 Å². The van der Waals surface area contributed by atoms with Crippen LogP contribution in [-0.4, -0.2) is 5.91 Å². The average Bonchev–Trinajstić information content (AvgIpc) is 2.57. The number of amides is 1. The van der Waals surface area contributed by atoms with Crippen LogP contribution in [0.2, 0.25) is 0 Å². The lowest BCUT2D eigenvalue weighted by molar-refractivity contribution is -0.119. The smallest absolute Gasteiger partial charge is 0.220 e. The molecule has 1 aromatic rings. The summed E-state index contributed by atoms with van der Waals surface area (Å²) in [5.74, 6) is -0.185. The first-order chi connectivity index (χ1) is 6.68. The maximum atomic E-state index is 13.6. The minimum absolute atomic E-state index is 0.0101. The van der Waals surface area contributed by atoms with E-state index in [1.807, 2.05) is 6.07 Å². The second-order valence-corrected chi connectivity index (χ2v) is 3.64. The monoisotopic (exact) mass is 193 g/mol. The molecule has 1 atom stereocenters. The van der Waals surface area contributed by atoms with Gasteiger partial charge in [0.25, 0.3) is 0 Å². The van der Waals surface area contributed by atoms with Gasteiger partial charge in [0.05, 0.1) is 6.04 Å². The third kappa shape index (κ3) is 1.50. The van der Waals surface area contributed by atoms with E-state index in [0.29, 0.717) is 24.0 Å². The van der Waals surface area contributed by atoms with E-state index in [1.54, 1.807) is 19.1 Å². The topological polar surface area (TPSA) is 29.1 Å². The van der Waals surface area contributed by atoms with Crippen LogP contribution in [0.5, 0.6) is 0 Å². The van der Waals surface area contributed by atoms with Crippen LogP contribution in [0.3, 0.4) is 0 Å². The number of hydrogen-bond acceptors (Lipinski definition) is 1. The van der Waals surface area contributed by atoms with Gasteiger partial charge in [0.2, 0.25) is 5.91 Å². The molecular weight excluding hydrogens is 181 g/mol. The Morgan fingerprint density at radius 3 is 2.93 bits per heavy atom. The summed E-state index contributed by atoms with van der Waals surface area (Å²) >= 11 is 0. The van der Waals surface area contributed by atoms with Crippen molar-refractivity contribution in [2.75, 3.05) is 0 Å². The highest BCUT2D eigenvalue weighted by atomic mass is 19.1. The Bertz CT molecular complexity index is 376. The van der Waals surface area contributed by atoms with Crippen LogP contribution in [-0.2, 0) is 4.79 Å². The summed E-state index contributed by atoms with van der Waals surface area (Å²) in [4.78, 5) is 11.0. The van der Waals surface area contributed by atoms with Gasteiger partial charge in [-0.15, -0.1) is 0 Å². The molecule has 1 heterocycles. The highest BCUT2D eigenvalue weighted by Gasteiger charge is 2.24. The fraction of sp³-hybridized carbons (Fsp3) is 0.364. The van der Waals surface area contributed by atoms with E-state index in [0.717, 1.165) is 0 Å². The zero-order valence-electron chi connectivity index (χ0n) is 8.01. The van der Waals surface area contributed by atoms with Crippen molar-refractivity contribution in [3.8, 4) is 0 Å². The molecule has 2 nitrogen and oxygen atoms in total. The Hall–Kier alpha value is -1.38. The highest BCUT2D eigenvalue weighted by molar-refractivity contribution is 5.78. The molecule has 74 valence electrons. The molecule has 1 N–H and O–H groups in total. The van der Waals surface area contributed by atoms with E-state index < -0.39 is 0 Å². The molecule has 14 heavy (non-hydrogen) atoms. The first-order valence-electron chi connectivity index (χ1n) is 4.73. The lowest BCUT2D eigenvalue weighted by Gasteiger charge is -2.12. The fourth-order valence-corrected chi connectivity index (χ4v) is 1.79. The molecule has 1 aromatic carbocycles. The second-order valence-electron chi connectivity index (χ2n) is 3.64. The van der Waals surface area contributed by atoms with E-state index in [2.05, 4.69) is 5.32 Å². The van der Waals surface area contributed by atoms with Crippen molar-refractivity contribution in [2.24, 2.45) is 0 Å². The Morgan fingerprint density at radius 2 is 2.29 bits per heavy atom. The summed E-state index contributed by atoms with van der Waals surface area (Å²) in [5, 5.41) is 2.76. The van der Waals surface area contributed by atoms with Gasteiger partial charge in [-0.2, -0.15) is 0 Å². The molecule has 1 saturated heterocycles. The minimum Gasteiger partial charge on any atom is -0.349 e. The van der Waals surface area contributed by atoms with Gasteiger partial charge in [-0.25, -0.2) is 4.39 Å². The predicted molar refractivity (Wildman–Crippen MR) is 51.3 cm³/mol. The van der Waals surface area contributed by atoms with Gasteiger partial charge >= 0.3 is 0 Å². The molecule has 2 rings (SSSR count). The lowest BCUT2D eigenvalue weighted by Crippen LogP contribution is -2.19. The van der Waals surface area contributed by atoms with E-state index in [4.69, 9.17) is 0 Å². The van der Waals surface area contributed by atoms with Crippen molar-refractivity contribution in [3.05, 3.63) is 35.1 Å². The molecule has 0 spiro atoms. The lowest BCUT2D eigenvalue weighted by atomic mass is 10.0. The van der Waals surface area contributed by atoms with Crippen LogP contribution < -0.4 is 5.32 Å². The summed E-state index contributed by atoms with van der Waals surface area (Å²) < 4.78 is 13.6. The van der Waals surface area contributed by atoms with Crippen molar-refractivity contribution >= 4 is 5.91 Å². The second kappa shape index (κ2) is 3.40. The zero-order chi connectivity index (χ0) is 10.1. The SMILES string of the molecule is Cc1cccc(C2CCC(=O)N2)c1F. The zero-order valence-corrected chi connectivity index (χ0v) is 8.01. The quantitative estimate of drug-likeness (QED) is 0.727. The van der Waals surface area contributed by atoms with Crippen molar-refractivity contribution in [3.63, 3.8) is 0 Å². The Labute approximate surface area is 82.1 Å². The van der Waals surface area contributed by atoms with Gasteiger partial charge in [0.15, 0.2) is 0 Å². The number of halogens is 1. The van der Waals surface area contributed by atoms with Crippen LogP contribution >= 0.6 is 0 Å².